The molecule has 3 nitrogen and oxygen atoms in total. The summed E-state index contributed by atoms with van der Waals surface area (Å²) < 4.78 is 1.60. The maximum absolute atomic E-state index is 12.4. The number of aromatic nitrogens is 2. The van der Waals surface area contributed by atoms with Crippen LogP contribution in [-0.2, 0) is 7.05 Å². The normalized spacial score (nSPS) is 10.8. The van der Waals surface area contributed by atoms with Crippen molar-refractivity contribution in [2.45, 2.75) is 0 Å². The van der Waals surface area contributed by atoms with Gasteiger partial charge in [0.2, 0.25) is 0 Å². The number of halogens is 1. The highest BCUT2D eigenvalue weighted by molar-refractivity contribution is 6.30. The molecule has 0 amide bonds. The highest BCUT2D eigenvalue weighted by Gasteiger charge is 2.09. The predicted molar refractivity (Wildman–Crippen MR) is 77.4 cm³/mol. The third-order valence-electron chi connectivity index (χ3n) is 3.16. The van der Waals surface area contributed by atoms with E-state index in [4.69, 9.17) is 11.6 Å². The van der Waals surface area contributed by atoms with E-state index < -0.39 is 0 Å². The van der Waals surface area contributed by atoms with Gasteiger partial charge in [0.15, 0.2) is 0 Å². The Morgan fingerprint density at radius 1 is 1.16 bits per heavy atom. The zero-order valence-electron chi connectivity index (χ0n) is 10.3. The fourth-order valence-corrected chi connectivity index (χ4v) is 2.32. The SMILES string of the molecule is Cn1c(=O)c(-c2ccccc2)cc2cnc(Cl)cc21. The van der Waals surface area contributed by atoms with Gasteiger partial charge in [-0.3, -0.25) is 4.79 Å². The molecular formula is C15H11ClN2O. The van der Waals surface area contributed by atoms with E-state index in [1.165, 1.54) is 0 Å². The van der Waals surface area contributed by atoms with E-state index in [1.807, 2.05) is 36.4 Å². The molecule has 2 aromatic heterocycles. The van der Waals surface area contributed by atoms with Crippen LogP contribution in [0.15, 0.2) is 53.5 Å². The van der Waals surface area contributed by atoms with E-state index in [9.17, 15) is 4.79 Å². The highest BCUT2D eigenvalue weighted by Crippen LogP contribution is 2.21. The first-order valence-electron chi connectivity index (χ1n) is 5.87. The highest BCUT2D eigenvalue weighted by atomic mass is 35.5. The average molecular weight is 271 g/mol. The molecule has 1 aromatic carbocycles. The number of aryl methyl sites for hydroxylation is 1. The molecule has 2 heterocycles. The van der Waals surface area contributed by atoms with Gasteiger partial charge in [-0.1, -0.05) is 41.9 Å². The first kappa shape index (κ1) is 11.9. The predicted octanol–water partition coefficient (Wildman–Crippen LogP) is 3.25. The van der Waals surface area contributed by atoms with Crippen molar-refractivity contribution in [3.8, 4) is 11.1 Å². The molecule has 0 saturated heterocycles. The third kappa shape index (κ3) is 2.02. The monoisotopic (exact) mass is 270 g/mol. The molecule has 0 aliphatic rings. The van der Waals surface area contributed by atoms with Gasteiger partial charge in [0.05, 0.1) is 5.52 Å². The van der Waals surface area contributed by atoms with Gasteiger partial charge in [-0.15, -0.1) is 0 Å². The lowest BCUT2D eigenvalue weighted by molar-refractivity contribution is 0.907. The minimum atomic E-state index is -0.0408. The fraction of sp³-hybridized carbons (Fsp3) is 0.0667. The Kier molecular flexibility index (Phi) is 2.84. The Morgan fingerprint density at radius 3 is 2.63 bits per heavy atom. The Hall–Kier alpha value is -2.13. The first-order valence-corrected chi connectivity index (χ1v) is 6.25. The maximum Gasteiger partial charge on any atom is 0.258 e. The van der Waals surface area contributed by atoms with Crippen molar-refractivity contribution in [2.24, 2.45) is 7.05 Å². The average Bonchev–Trinajstić information content (AvgIpc) is 2.44. The minimum Gasteiger partial charge on any atom is -0.311 e. The van der Waals surface area contributed by atoms with Crippen molar-refractivity contribution in [1.29, 1.82) is 0 Å². The van der Waals surface area contributed by atoms with Gasteiger partial charge in [0.25, 0.3) is 5.56 Å². The summed E-state index contributed by atoms with van der Waals surface area (Å²) in [6.45, 7) is 0. The summed E-state index contributed by atoms with van der Waals surface area (Å²) in [6, 6.07) is 13.2. The summed E-state index contributed by atoms with van der Waals surface area (Å²) in [5.41, 5.74) is 2.31. The molecule has 3 aromatic rings. The second-order valence-electron chi connectivity index (χ2n) is 4.35. The lowest BCUT2D eigenvalue weighted by Crippen LogP contribution is -2.18. The molecule has 0 spiro atoms. The summed E-state index contributed by atoms with van der Waals surface area (Å²) in [7, 11) is 1.74. The number of hydrogen-bond donors (Lipinski definition) is 0. The Bertz CT molecular complexity index is 809. The van der Waals surface area contributed by atoms with E-state index in [0.717, 1.165) is 16.5 Å². The van der Waals surface area contributed by atoms with Crippen molar-refractivity contribution in [3.05, 3.63) is 64.2 Å². The summed E-state index contributed by atoms with van der Waals surface area (Å²) in [5, 5.41) is 1.28. The van der Waals surface area contributed by atoms with Crippen molar-refractivity contribution in [2.75, 3.05) is 0 Å². The molecule has 0 aliphatic carbocycles. The van der Waals surface area contributed by atoms with Gasteiger partial charge in [0.1, 0.15) is 5.15 Å². The van der Waals surface area contributed by atoms with Gasteiger partial charge in [-0.25, -0.2) is 4.98 Å². The molecule has 0 bridgehead atoms. The van der Waals surface area contributed by atoms with Crippen LogP contribution in [0.25, 0.3) is 22.0 Å². The van der Waals surface area contributed by atoms with Gasteiger partial charge in [-0.2, -0.15) is 0 Å². The molecule has 94 valence electrons. The second kappa shape index (κ2) is 4.52. The molecule has 19 heavy (non-hydrogen) atoms. The third-order valence-corrected chi connectivity index (χ3v) is 3.37. The van der Waals surface area contributed by atoms with Crippen molar-refractivity contribution >= 4 is 22.5 Å². The van der Waals surface area contributed by atoms with Gasteiger partial charge in [-0.05, 0) is 17.7 Å². The van der Waals surface area contributed by atoms with E-state index in [0.29, 0.717) is 10.7 Å². The number of fused-ring (bicyclic) bond motifs is 1. The van der Waals surface area contributed by atoms with E-state index in [-0.39, 0.29) is 5.56 Å². The molecule has 0 radical (unpaired) electrons. The number of benzene rings is 1. The summed E-state index contributed by atoms with van der Waals surface area (Å²) in [4.78, 5) is 16.5. The quantitative estimate of drug-likeness (QED) is 0.636. The van der Waals surface area contributed by atoms with Crippen LogP contribution < -0.4 is 5.56 Å². The van der Waals surface area contributed by atoms with Crippen molar-refractivity contribution in [1.82, 2.24) is 9.55 Å². The van der Waals surface area contributed by atoms with Gasteiger partial charge >= 0.3 is 0 Å². The summed E-state index contributed by atoms with van der Waals surface area (Å²) in [6.07, 6.45) is 1.68. The Labute approximate surface area is 115 Å². The maximum atomic E-state index is 12.4. The molecule has 4 heteroatoms. The smallest absolute Gasteiger partial charge is 0.258 e. The summed E-state index contributed by atoms with van der Waals surface area (Å²) in [5.74, 6) is 0. The van der Waals surface area contributed by atoms with Crippen LogP contribution in [0.1, 0.15) is 0 Å². The number of hydrogen-bond acceptors (Lipinski definition) is 2. The van der Waals surface area contributed by atoms with Crippen molar-refractivity contribution in [3.63, 3.8) is 0 Å². The fourth-order valence-electron chi connectivity index (χ4n) is 2.16. The number of pyridine rings is 2. The van der Waals surface area contributed by atoms with E-state index >= 15 is 0 Å². The number of rotatable bonds is 1. The molecule has 0 unspecified atom stereocenters. The van der Waals surface area contributed by atoms with Crippen LogP contribution >= 0.6 is 11.6 Å². The Balaban J connectivity index is 2.37. The largest absolute Gasteiger partial charge is 0.311 e. The van der Waals surface area contributed by atoms with Gasteiger partial charge < -0.3 is 4.57 Å². The lowest BCUT2D eigenvalue weighted by Gasteiger charge is -2.08. The zero-order valence-corrected chi connectivity index (χ0v) is 11.1. The van der Waals surface area contributed by atoms with E-state index in [1.54, 1.807) is 23.9 Å². The molecule has 0 saturated carbocycles. The molecule has 0 aliphatic heterocycles. The van der Waals surface area contributed by atoms with Gasteiger partial charge in [0, 0.05) is 24.2 Å². The molecule has 0 fully saturated rings. The molecule has 3 rings (SSSR count). The van der Waals surface area contributed by atoms with Crippen molar-refractivity contribution < 1.29 is 0 Å². The van der Waals surface area contributed by atoms with Crippen LogP contribution in [0.2, 0.25) is 5.15 Å². The van der Waals surface area contributed by atoms with E-state index in [2.05, 4.69) is 4.98 Å². The first-order chi connectivity index (χ1) is 9.16. The lowest BCUT2D eigenvalue weighted by atomic mass is 10.1. The molecular weight excluding hydrogens is 260 g/mol. The zero-order chi connectivity index (χ0) is 13.4. The van der Waals surface area contributed by atoms with Crippen LogP contribution in [0.5, 0.6) is 0 Å². The van der Waals surface area contributed by atoms with Crippen LogP contribution in [0.4, 0.5) is 0 Å². The molecule has 0 N–H and O–H groups in total. The van der Waals surface area contributed by atoms with Crippen LogP contribution in [-0.4, -0.2) is 9.55 Å². The molecule has 0 atom stereocenters. The Morgan fingerprint density at radius 2 is 1.89 bits per heavy atom. The number of nitrogens with zero attached hydrogens (tertiary/aromatic N) is 2. The second-order valence-corrected chi connectivity index (χ2v) is 4.74. The summed E-state index contributed by atoms with van der Waals surface area (Å²) >= 11 is 5.87. The standard InChI is InChI=1S/C15H11ClN2O/c1-18-13-8-14(16)17-9-11(13)7-12(15(18)19)10-5-3-2-4-6-10/h2-9H,1H3. The van der Waals surface area contributed by atoms with Crippen LogP contribution in [0.3, 0.4) is 0 Å². The minimum absolute atomic E-state index is 0.0408. The van der Waals surface area contributed by atoms with Crippen LogP contribution in [0, 0.1) is 0 Å². The topological polar surface area (TPSA) is 34.9 Å².